The molecule has 31 heavy (non-hydrogen) atoms. The maximum atomic E-state index is 13.4. The Morgan fingerprint density at radius 3 is 2.23 bits per heavy atom. The second kappa shape index (κ2) is 8.46. The molecule has 3 aromatic rings. The fourth-order valence-corrected chi connectivity index (χ4v) is 3.83. The van der Waals surface area contributed by atoms with Crippen molar-refractivity contribution in [2.45, 2.75) is 6.92 Å². The molecule has 1 heterocycles. The summed E-state index contributed by atoms with van der Waals surface area (Å²) in [5.41, 5.74) is 2.97. The number of carbonyl (C=O) groups is 2. The lowest BCUT2D eigenvalue weighted by Crippen LogP contribution is -2.32. The average molecular weight is 453 g/mol. The van der Waals surface area contributed by atoms with E-state index in [9.17, 15) is 9.59 Å². The minimum absolute atomic E-state index is 0.181. The molecule has 156 valence electrons. The molecule has 0 bridgehead atoms. The number of amides is 2. The molecule has 3 aromatic carbocycles. The van der Waals surface area contributed by atoms with E-state index in [0.717, 1.165) is 10.5 Å². The Morgan fingerprint density at radius 1 is 0.871 bits per heavy atom. The van der Waals surface area contributed by atoms with Gasteiger partial charge in [-0.05, 0) is 66.6 Å². The van der Waals surface area contributed by atoms with E-state index in [1.165, 1.54) is 0 Å². The normalized spacial score (nSPS) is 13.7. The molecular weight excluding hydrogens is 435 g/mol. The number of imide groups is 1. The zero-order chi connectivity index (χ0) is 22.1. The highest BCUT2D eigenvalue weighted by atomic mass is 35.5. The maximum absolute atomic E-state index is 13.4. The molecule has 2 amide bonds. The van der Waals surface area contributed by atoms with Crippen molar-refractivity contribution < 1.29 is 14.3 Å². The number of rotatable bonds is 5. The predicted molar refractivity (Wildman–Crippen MR) is 124 cm³/mol. The molecular formula is C24H18Cl2N2O3. The van der Waals surface area contributed by atoms with E-state index in [0.29, 0.717) is 32.7 Å². The molecule has 0 aromatic heterocycles. The van der Waals surface area contributed by atoms with Crippen LogP contribution in [0.15, 0.2) is 72.4 Å². The summed E-state index contributed by atoms with van der Waals surface area (Å²) >= 11 is 12.2. The zero-order valence-electron chi connectivity index (χ0n) is 16.8. The highest BCUT2D eigenvalue weighted by Crippen LogP contribution is 2.35. The van der Waals surface area contributed by atoms with Crippen LogP contribution < -0.4 is 15.0 Å². The number of halogens is 2. The Kier molecular flexibility index (Phi) is 5.72. The van der Waals surface area contributed by atoms with Crippen molar-refractivity contribution in [2.75, 3.05) is 17.3 Å². The van der Waals surface area contributed by atoms with E-state index < -0.39 is 11.8 Å². The maximum Gasteiger partial charge on any atom is 0.282 e. The van der Waals surface area contributed by atoms with Gasteiger partial charge in [-0.2, -0.15) is 0 Å². The first kappa shape index (κ1) is 21.0. The third kappa shape index (κ3) is 4.02. The molecule has 1 aliphatic rings. The van der Waals surface area contributed by atoms with Crippen molar-refractivity contribution in [3.63, 3.8) is 0 Å². The van der Waals surface area contributed by atoms with Gasteiger partial charge >= 0.3 is 0 Å². The number of hydrogen-bond acceptors (Lipinski definition) is 4. The molecule has 1 N–H and O–H groups in total. The summed E-state index contributed by atoms with van der Waals surface area (Å²) in [7, 11) is 1.57. The van der Waals surface area contributed by atoms with Crippen molar-refractivity contribution in [2.24, 2.45) is 0 Å². The standard InChI is InChI=1S/C24H18Cl2N2O3/c1-14-12-17(26)8-11-20(14)27-22-21(15-6-9-19(31-2)10-7-15)23(29)28(24(22)30)18-5-3-4-16(25)13-18/h3-13,27H,1-2H3. The molecule has 0 spiro atoms. The molecule has 0 fully saturated rings. The van der Waals surface area contributed by atoms with Gasteiger partial charge in [-0.15, -0.1) is 0 Å². The molecule has 0 radical (unpaired) electrons. The van der Waals surface area contributed by atoms with Crippen molar-refractivity contribution in [1.82, 2.24) is 0 Å². The van der Waals surface area contributed by atoms with Crippen molar-refractivity contribution in [3.05, 3.63) is 93.6 Å². The van der Waals surface area contributed by atoms with E-state index in [-0.39, 0.29) is 11.3 Å². The summed E-state index contributed by atoms with van der Waals surface area (Å²) in [4.78, 5) is 28.0. The Labute approximate surface area is 189 Å². The summed E-state index contributed by atoms with van der Waals surface area (Å²) in [5.74, 6) is -0.255. The second-order valence-corrected chi connectivity index (χ2v) is 7.86. The average Bonchev–Trinajstić information content (AvgIpc) is 2.99. The predicted octanol–water partition coefficient (Wildman–Crippen LogP) is 5.71. The minimum atomic E-state index is -0.465. The van der Waals surface area contributed by atoms with Crippen LogP contribution in [0.25, 0.3) is 5.57 Å². The van der Waals surface area contributed by atoms with Crippen molar-refractivity contribution in [3.8, 4) is 5.75 Å². The third-order valence-corrected chi connectivity index (χ3v) is 5.45. The van der Waals surface area contributed by atoms with E-state index in [1.54, 1.807) is 73.8 Å². The smallest absolute Gasteiger partial charge is 0.282 e. The molecule has 7 heteroatoms. The monoisotopic (exact) mass is 452 g/mol. The Balaban J connectivity index is 1.83. The fraction of sp³-hybridized carbons (Fsp3) is 0.0833. The summed E-state index contributed by atoms with van der Waals surface area (Å²) in [5, 5.41) is 4.17. The number of nitrogens with zero attached hydrogens (tertiary/aromatic N) is 1. The van der Waals surface area contributed by atoms with Crippen LogP contribution in [-0.2, 0) is 9.59 Å². The fourth-order valence-electron chi connectivity index (χ4n) is 3.42. The summed E-state index contributed by atoms with van der Waals surface area (Å²) in [6.07, 6.45) is 0. The van der Waals surface area contributed by atoms with E-state index in [1.807, 2.05) is 6.92 Å². The first-order chi connectivity index (χ1) is 14.9. The third-order valence-electron chi connectivity index (χ3n) is 4.98. The summed E-state index contributed by atoms with van der Waals surface area (Å²) in [6.45, 7) is 1.87. The van der Waals surface area contributed by atoms with Crippen LogP contribution in [0, 0.1) is 6.92 Å². The molecule has 0 aliphatic carbocycles. The minimum Gasteiger partial charge on any atom is -0.497 e. The van der Waals surface area contributed by atoms with Crippen LogP contribution in [0.3, 0.4) is 0 Å². The quantitative estimate of drug-likeness (QED) is 0.503. The molecule has 5 nitrogen and oxygen atoms in total. The van der Waals surface area contributed by atoms with Crippen LogP contribution in [0.2, 0.25) is 10.0 Å². The van der Waals surface area contributed by atoms with E-state index in [2.05, 4.69) is 5.32 Å². The van der Waals surface area contributed by atoms with Crippen LogP contribution >= 0.6 is 23.2 Å². The number of hydrogen-bond donors (Lipinski definition) is 1. The van der Waals surface area contributed by atoms with Gasteiger partial charge in [0.1, 0.15) is 11.4 Å². The van der Waals surface area contributed by atoms with Crippen molar-refractivity contribution in [1.29, 1.82) is 0 Å². The number of carbonyl (C=O) groups excluding carboxylic acids is 2. The Hall–Kier alpha value is -3.28. The summed E-state index contributed by atoms with van der Waals surface area (Å²) < 4.78 is 5.21. The molecule has 0 atom stereocenters. The number of nitrogens with one attached hydrogen (secondary N) is 1. The molecule has 1 aliphatic heterocycles. The van der Waals surface area contributed by atoms with Crippen LogP contribution in [-0.4, -0.2) is 18.9 Å². The highest BCUT2D eigenvalue weighted by molar-refractivity contribution is 6.46. The SMILES string of the molecule is COc1ccc(C2=C(Nc3ccc(Cl)cc3C)C(=O)N(c3cccc(Cl)c3)C2=O)cc1. The van der Waals surface area contributed by atoms with Gasteiger partial charge in [-0.25, -0.2) is 4.90 Å². The lowest BCUT2D eigenvalue weighted by molar-refractivity contribution is -0.120. The first-order valence-electron chi connectivity index (χ1n) is 9.45. The van der Waals surface area contributed by atoms with Gasteiger partial charge in [-0.3, -0.25) is 9.59 Å². The van der Waals surface area contributed by atoms with E-state index >= 15 is 0 Å². The van der Waals surface area contributed by atoms with Gasteiger partial charge in [0.2, 0.25) is 0 Å². The van der Waals surface area contributed by atoms with Gasteiger partial charge in [0, 0.05) is 15.7 Å². The van der Waals surface area contributed by atoms with Crippen LogP contribution in [0.5, 0.6) is 5.75 Å². The van der Waals surface area contributed by atoms with Gasteiger partial charge in [0.25, 0.3) is 11.8 Å². The topological polar surface area (TPSA) is 58.6 Å². The summed E-state index contributed by atoms with van der Waals surface area (Å²) in [6, 6.07) is 18.9. The van der Waals surface area contributed by atoms with Gasteiger partial charge < -0.3 is 10.1 Å². The van der Waals surface area contributed by atoms with Gasteiger partial charge in [0.15, 0.2) is 0 Å². The lowest BCUT2D eigenvalue weighted by atomic mass is 10.0. The molecule has 0 saturated heterocycles. The number of methoxy groups -OCH3 is 1. The van der Waals surface area contributed by atoms with Gasteiger partial charge in [0.05, 0.1) is 18.4 Å². The largest absolute Gasteiger partial charge is 0.497 e. The zero-order valence-corrected chi connectivity index (χ0v) is 18.3. The number of aryl methyl sites for hydroxylation is 1. The Morgan fingerprint density at radius 2 is 1.58 bits per heavy atom. The second-order valence-electron chi connectivity index (χ2n) is 6.99. The van der Waals surface area contributed by atoms with Crippen LogP contribution in [0.4, 0.5) is 11.4 Å². The highest BCUT2D eigenvalue weighted by Gasteiger charge is 2.40. The molecule has 0 unspecified atom stereocenters. The number of anilines is 2. The number of ether oxygens (including phenoxy) is 1. The van der Waals surface area contributed by atoms with Crippen LogP contribution in [0.1, 0.15) is 11.1 Å². The van der Waals surface area contributed by atoms with E-state index in [4.69, 9.17) is 27.9 Å². The van der Waals surface area contributed by atoms with Gasteiger partial charge in [-0.1, -0.05) is 41.4 Å². The first-order valence-corrected chi connectivity index (χ1v) is 10.2. The lowest BCUT2D eigenvalue weighted by Gasteiger charge is -2.16. The number of benzene rings is 3. The molecule has 0 saturated carbocycles. The van der Waals surface area contributed by atoms with Crippen molar-refractivity contribution >= 4 is 52.0 Å². The molecule has 4 rings (SSSR count). The Bertz CT molecular complexity index is 1220.